The van der Waals surface area contributed by atoms with Gasteiger partial charge in [0.2, 0.25) is 5.75 Å². The highest BCUT2D eigenvalue weighted by molar-refractivity contribution is 8.00. The molecule has 4 rings (SSSR count). The molecule has 0 unspecified atom stereocenters. The van der Waals surface area contributed by atoms with Crippen molar-refractivity contribution in [1.29, 1.82) is 0 Å². The summed E-state index contributed by atoms with van der Waals surface area (Å²) in [4.78, 5) is 17.6. The van der Waals surface area contributed by atoms with E-state index in [1.54, 1.807) is 35.2 Å². The van der Waals surface area contributed by atoms with Gasteiger partial charge in [0.25, 0.3) is 5.91 Å². The number of hydrogen-bond donors (Lipinski definition) is 1. The Balaban J connectivity index is 1.51. The predicted octanol–water partition coefficient (Wildman–Crippen LogP) is 5.87. The van der Waals surface area contributed by atoms with Crippen molar-refractivity contribution < 1.29 is 19.0 Å². The molecule has 4 aromatic rings. The van der Waals surface area contributed by atoms with Gasteiger partial charge in [-0.15, -0.1) is 11.3 Å². The Morgan fingerprint density at radius 1 is 0.969 bits per heavy atom. The summed E-state index contributed by atoms with van der Waals surface area (Å²) < 4.78 is 18.0. The third-order valence-electron chi connectivity index (χ3n) is 4.76. The summed E-state index contributed by atoms with van der Waals surface area (Å²) in [6.45, 7) is 0. The summed E-state index contributed by atoms with van der Waals surface area (Å²) in [7, 11) is 4.56. The lowest BCUT2D eigenvalue weighted by molar-refractivity contribution is 0.102. The Bertz CT molecular complexity index is 1220. The number of nitrogens with one attached hydrogen (secondary N) is 1. The first-order chi connectivity index (χ1) is 15.6. The molecule has 1 aromatic heterocycles. The summed E-state index contributed by atoms with van der Waals surface area (Å²) in [5.41, 5.74) is 3.27. The Morgan fingerprint density at radius 2 is 1.69 bits per heavy atom. The normalized spacial score (nSPS) is 10.7. The number of carbonyl (C=O) groups is 1. The van der Waals surface area contributed by atoms with Crippen molar-refractivity contribution >= 4 is 44.9 Å². The molecule has 0 saturated carbocycles. The van der Waals surface area contributed by atoms with Crippen LogP contribution in [0.25, 0.3) is 10.2 Å². The van der Waals surface area contributed by atoms with Crippen molar-refractivity contribution in [1.82, 2.24) is 4.98 Å². The van der Waals surface area contributed by atoms with E-state index in [-0.39, 0.29) is 5.91 Å². The molecule has 0 aliphatic rings. The summed E-state index contributed by atoms with van der Waals surface area (Å²) in [6.07, 6.45) is 0. The van der Waals surface area contributed by atoms with Gasteiger partial charge in [0.05, 0.1) is 31.5 Å². The molecule has 164 valence electrons. The summed E-state index contributed by atoms with van der Waals surface area (Å²) in [5, 5.41) is 2.94. The van der Waals surface area contributed by atoms with Crippen LogP contribution < -0.4 is 19.5 Å². The number of thiazole rings is 1. The molecule has 0 fully saturated rings. The number of nitrogens with zero attached hydrogens (tertiary/aromatic N) is 1. The number of fused-ring (bicyclic) bond motifs is 1. The van der Waals surface area contributed by atoms with Gasteiger partial charge in [-0.25, -0.2) is 4.98 Å². The molecular weight excluding hydrogens is 444 g/mol. The first-order valence-electron chi connectivity index (χ1n) is 9.80. The van der Waals surface area contributed by atoms with E-state index in [9.17, 15) is 4.79 Å². The van der Waals surface area contributed by atoms with E-state index in [0.29, 0.717) is 28.5 Å². The highest BCUT2D eigenvalue weighted by atomic mass is 32.2. The first kappa shape index (κ1) is 22.0. The van der Waals surface area contributed by atoms with Gasteiger partial charge in [0, 0.05) is 17.0 Å². The van der Waals surface area contributed by atoms with Crippen LogP contribution in [-0.4, -0.2) is 32.2 Å². The Labute approximate surface area is 194 Å². The average Bonchev–Trinajstić information content (AvgIpc) is 3.24. The van der Waals surface area contributed by atoms with Crippen LogP contribution in [0.2, 0.25) is 0 Å². The molecule has 1 N–H and O–H groups in total. The number of amides is 1. The molecule has 1 heterocycles. The lowest BCUT2D eigenvalue weighted by atomic mass is 10.1. The van der Waals surface area contributed by atoms with Crippen molar-refractivity contribution in [2.24, 2.45) is 0 Å². The van der Waals surface area contributed by atoms with Crippen LogP contribution in [0.15, 0.2) is 65.0 Å². The van der Waals surface area contributed by atoms with E-state index >= 15 is 0 Å². The van der Waals surface area contributed by atoms with Crippen molar-refractivity contribution in [3.63, 3.8) is 0 Å². The van der Waals surface area contributed by atoms with Gasteiger partial charge in [0.15, 0.2) is 15.8 Å². The zero-order valence-corrected chi connectivity index (χ0v) is 19.5. The number of ether oxygens (including phenoxy) is 3. The van der Waals surface area contributed by atoms with Crippen LogP contribution in [0.5, 0.6) is 17.2 Å². The maximum Gasteiger partial charge on any atom is 0.255 e. The average molecular weight is 467 g/mol. The Morgan fingerprint density at radius 3 is 2.34 bits per heavy atom. The molecule has 0 spiro atoms. The fourth-order valence-electron chi connectivity index (χ4n) is 3.18. The quantitative estimate of drug-likeness (QED) is 0.328. The first-order valence-corrected chi connectivity index (χ1v) is 11.6. The summed E-state index contributed by atoms with van der Waals surface area (Å²) >= 11 is 3.32. The topological polar surface area (TPSA) is 69.7 Å². The van der Waals surface area contributed by atoms with Crippen LogP contribution in [-0.2, 0) is 5.75 Å². The molecule has 32 heavy (non-hydrogen) atoms. The fourth-order valence-corrected chi connectivity index (χ4v) is 5.24. The molecule has 1 amide bonds. The fraction of sp³-hybridized carbons (Fsp3) is 0.167. The van der Waals surface area contributed by atoms with Gasteiger partial charge in [-0.1, -0.05) is 42.1 Å². The van der Waals surface area contributed by atoms with E-state index in [0.717, 1.165) is 20.3 Å². The van der Waals surface area contributed by atoms with Crippen molar-refractivity contribution in [3.8, 4) is 17.2 Å². The molecule has 0 saturated heterocycles. The number of carbonyl (C=O) groups excluding carboxylic acids is 1. The SMILES string of the molecule is COc1cc(C(=O)Nc2ccc3nc(SCc4ccccc4)sc3c2)cc(OC)c1OC. The minimum Gasteiger partial charge on any atom is -0.493 e. The number of thioether (sulfide) groups is 1. The van der Waals surface area contributed by atoms with Crippen LogP contribution in [0.3, 0.4) is 0 Å². The third kappa shape index (κ3) is 4.81. The van der Waals surface area contributed by atoms with Gasteiger partial charge in [-0.05, 0) is 35.9 Å². The highest BCUT2D eigenvalue weighted by Gasteiger charge is 2.17. The van der Waals surface area contributed by atoms with Crippen molar-refractivity contribution in [2.75, 3.05) is 26.6 Å². The van der Waals surface area contributed by atoms with Gasteiger partial charge in [-0.2, -0.15) is 0 Å². The molecular formula is C24H22N2O4S2. The smallest absolute Gasteiger partial charge is 0.255 e. The lowest BCUT2D eigenvalue weighted by Gasteiger charge is -2.14. The number of anilines is 1. The van der Waals surface area contributed by atoms with E-state index < -0.39 is 0 Å². The summed E-state index contributed by atoms with van der Waals surface area (Å²) in [6, 6.07) is 19.3. The zero-order valence-electron chi connectivity index (χ0n) is 17.9. The minimum atomic E-state index is -0.271. The second-order valence-electron chi connectivity index (χ2n) is 6.80. The van der Waals surface area contributed by atoms with Crippen molar-refractivity contribution in [3.05, 3.63) is 71.8 Å². The minimum absolute atomic E-state index is 0.271. The molecule has 8 heteroatoms. The van der Waals surface area contributed by atoms with Gasteiger partial charge < -0.3 is 19.5 Å². The van der Waals surface area contributed by atoms with E-state index in [2.05, 4.69) is 17.4 Å². The number of methoxy groups -OCH3 is 3. The van der Waals surface area contributed by atoms with E-state index in [1.165, 1.54) is 26.9 Å². The maximum absolute atomic E-state index is 12.9. The molecule has 3 aromatic carbocycles. The Kier molecular flexibility index (Phi) is 6.82. The molecule has 0 bridgehead atoms. The zero-order chi connectivity index (χ0) is 22.5. The lowest BCUT2D eigenvalue weighted by Crippen LogP contribution is -2.12. The van der Waals surface area contributed by atoms with Crippen LogP contribution in [0, 0.1) is 0 Å². The van der Waals surface area contributed by atoms with Gasteiger partial charge in [-0.3, -0.25) is 4.79 Å². The second kappa shape index (κ2) is 9.93. The molecule has 0 aliphatic carbocycles. The molecule has 0 atom stereocenters. The Hall–Kier alpha value is -3.23. The summed E-state index contributed by atoms with van der Waals surface area (Å²) in [5.74, 6) is 1.89. The van der Waals surface area contributed by atoms with E-state index in [1.807, 2.05) is 36.4 Å². The van der Waals surface area contributed by atoms with E-state index in [4.69, 9.17) is 19.2 Å². The number of benzene rings is 3. The van der Waals surface area contributed by atoms with Crippen LogP contribution in [0.4, 0.5) is 5.69 Å². The van der Waals surface area contributed by atoms with Crippen molar-refractivity contribution in [2.45, 2.75) is 10.1 Å². The molecule has 0 radical (unpaired) electrons. The number of aromatic nitrogens is 1. The molecule has 6 nitrogen and oxygen atoms in total. The van der Waals surface area contributed by atoms with Gasteiger partial charge in [0.1, 0.15) is 0 Å². The third-order valence-corrected chi connectivity index (χ3v) is 6.99. The standard InChI is InChI=1S/C24H22N2O4S2/c1-28-19-11-16(12-20(29-2)22(19)30-3)23(27)25-17-9-10-18-21(13-17)32-24(26-18)31-14-15-7-5-4-6-8-15/h4-13H,14H2,1-3H3,(H,25,27). The molecule has 0 aliphatic heterocycles. The monoisotopic (exact) mass is 466 g/mol. The number of hydrogen-bond acceptors (Lipinski definition) is 7. The largest absolute Gasteiger partial charge is 0.493 e. The van der Waals surface area contributed by atoms with Crippen LogP contribution in [0.1, 0.15) is 15.9 Å². The highest BCUT2D eigenvalue weighted by Crippen LogP contribution is 2.38. The second-order valence-corrected chi connectivity index (χ2v) is 9.06. The van der Waals surface area contributed by atoms with Gasteiger partial charge >= 0.3 is 0 Å². The number of rotatable bonds is 8. The predicted molar refractivity (Wildman–Crippen MR) is 130 cm³/mol. The maximum atomic E-state index is 12.9. The van der Waals surface area contributed by atoms with Crippen LogP contribution >= 0.6 is 23.1 Å².